The van der Waals surface area contributed by atoms with E-state index in [1.807, 2.05) is 18.2 Å². The summed E-state index contributed by atoms with van der Waals surface area (Å²) in [5.41, 5.74) is 2.45. The van der Waals surface area contributed by atoms with E-state index in [0.717, 1.165) is 6.42 Å². The van der Waals surface area contributed by atoms with Gasteiger partial charge in [-0.05, 0) is 18.1 Å². The fourth-order valence-electron chi connectivity index (χ4n) is 2.32. The predicted octanol–water partition coefficient (Wildman–Crippen LogP) is 1.61. The molecule has 1 fully saturated rings. The molecule has 1 aliphatic heterocycles. The van der Waals surface area contributed by atoms with Crippen LogP contribution >= 0.6 is 0 Å². The molecule has 1 aliphatic carbocycles. The number of ketones is 1. The molecule has 78 valence electrons. The molecule has 15 heavy (non-hydrogen) atoms. The first kappa shape index (κ1) is 9.07. The molecule has 2 aliphatic rings. The Hall–Kier alpha value is -1.19. The monoisotopic (exact) mass is 204 g/mol. The minimum Gasteiger partial charge on any atom is -0.339 e. The van der Waals surface area contributed by atoms with Gasteiger partial charge in [-0.3, -0.25) is 4.79 Å². The minimum absolute atomic E-state index is 0.0244. The van der Waals surface area contributed by atoms with Crippen LogP contribution in [0, 0.1) is 0 Å². The van der Waals surface area contributed by atoms with Crippen LogP contribution in [-0.2, 0) is 20.7 Å². The van der Waals surface area contributed by atoms with Crippen LogP contribution in [0.15, 0.2) is 24.3 Å². The number of Topliss-reactive ketones (excluding diaryl/α,β-unsaturated/α-hetero) is 1. The molecular formula is C12H12O3. The van der Waals surface area contributed by atoms with Gasteiger partial charge in [0.15, 0.2) is 5.78 Å². The van der Waals surface area contributed by atoms with Gasteiger partial charge < -0.3 is 9.47 Å². The van der Waals surface area contributed by atoms with E-state index in [1.54, 1.807) is 0 Å². The summed E-state index contributed by atoms with van der Waals surface area (Å²) < 4.78 is 11.2. The first-order valence-electron chi connectivity index (χ1n) is 5.15. The van der Waals surface area contributed by atoms with Crippen LogP contribution in [0.25, 0.3) is 0 Å². The van der Waals surface area contributed by atoms with Gasteiger partial charge in [0.05, 0.1) is 6.10 Å². The Morgan fingerprint density at radius 1 is 1.33 bits per heavy atom. The number of carbonyl (C=O) groups excluding carboxylic acids is 1. The van der Waals surface area contributed by atoms with Crippen molar-refractivity contribution in [2.75, 3.05) is 0 Å². The molecule has 3 atom stereocenters. The van der Waals surface area contributed by atoms with Crippen LogP contribution < -0.4 is 0 Å². The second-order valence-electron chi connectivity index (χ2n) is 4.08. The molecule has 1 aromatic carbocycles. The maximum Gasteiger partial charge on any atom is 0.218 e. The summed E-state index contributed by atoms with van der Waals surface area (Å²) in [7, 11) is 0. The van der Waals surface area contributed by atoms with Crippen LogP contribution in [-0.4, -0.2) is 18.2 Å². The summed E-state index contributed by atoms with van der Waals surface area (Å²) in [5.74, 6) is -0.0538. The van der Waals surface area contributed by atoms with Gasteiger partial charge in [0, 0.05) is 6.42 Å². The number of rotatable bonds is 1. The van der Waals surface area contributed by atoms with Crippen LogP contribution in [0.4, 0.5) is 0 Å². The van der Waals surface area contributed by atoms with E-state index in [-0.39, 0.29) is 18.0 Å². The smallest absolute Gasteiger partial charge is 0.218 e. The number of benzene rings is 1. The Kier molecular flexibility index (Phi) is 1.90. The Morgan fingerprint density at radius 3 is 2.93 bits per heavy atom. The van der Waals surface area contributed by atoms with Gasteiger partial charge >= 0.3 is 0 Å². The molecule has 0 radical (unpaired) electrons. The Bertz CT molecular complexity index is 413. The third-order valence-corrected chi connectivity index (χ3v) is 3.02. The lowest BCUT2D eigenvalue weighted by atomic mass is 10.1. The molecule has 0 saturated carbocycles. The van der Waals surface area contributed by atoms with E-state index in [2.05, 4.69) is 6.07 Å². The average molecular weight is 204 g/mol. The molecule has 0 amide bonds. The van der Waals surface area contributed by atoms with E-state index in [0.29, 0.717) is 0 Å². The Balaban J connectivity index is 1.91. The zero-order valence-corrected chi connectivity index (χ0v) is 8.47. The fourth-order valence-corrected chi connectivity index (χ4v) is 2.32. The van der Waals surface area contributed by atoms with Crippen molar-refractivity contribution in [2.45, 2.75) is 31.8 Å². The van der Waals surface area contributed by atoms with Crippen LogP contribution in [0.5, 0.6) is 0 Å². The summed E-state index contributed by atoms with van der Waals surface area (Å²) in [6.45, 7) is 1.50. The van der Waals surface area contributed by atoms with Gasteiger partial charge in [0.2, 0.25) is 6.29 Å². The van der Waals surface area contributed by atoms with Crippen molar-refractivity contribution in [3.63, 3.8) is 0 Å². The highest BCUT2D eigenvalue weighted by Gasteiger charge is 2.44. The number of carbonyl (C=O) groups is 1. The van der Waals surface area contributed by atoms with Gasteiger partial charge in [0.25, 0.3) is 0 Å². The third-order valence-electron chi connectivity index (χ3n) is 3.02. The molecule has 3 unspecified atom stereocenters. The molecule has 3 nitrogen and oxygen atoms in total. The minimum atomic E-state index is -0.659. The lowest BCUT2D eigenvalue weighted by Gasteiger charge is -2.08. The summed E-state index contributed by atoms with van der Waals surface area (Å²) in [6, 6.07) is 8.14. The standard InChI is InChI=1S/C12H12O3/c1-7(13)12-14-10-6-8-4-2-3-5-9(8)11(10)15-12/h2-5,10-12H,6H2,1H3. The molecule has 0 aromatic heterocycles. The second kappa shape index (κ2) is 3.15. The number of ether oxygens (including phenoxy) is 2. The molecule has 0 spiro atoms. The van der Waals surface area contributed by atoms with Crippen molar-refractivity contribution >= 4 is 5.78 Å². The Morgan fingerprint density at radius 2 is 2.13 bits per heavy atom. The van der Waals surface area contributed by atoms with Crippen molar-refractivity contribution in [3.05, 3.63) is 35.4 Å². The zero-order valence-electron chi connectivity index (χ0n) is 8.47. The maximum atomic E-state index is 11.1. The third kappa shape index (κ3) is 1.31. The van der Waals surface area contributed by atoms with Gasteiger partial charge in [-0.2, -0.15) is 0 Å². The van der Waals surface area contributed by atoms with Crippen LogP contribution in [0.1, 0.15) is 24.2 Å². The van der Waals surface area contributed by atoms with Crippen molar-refractivity contribution in [2.24, 2.45) is 0 Å². The topological polar surface area (TPSA) is 35.5 Å². The van der Waals surface area contributed by atoms with Crippen molar-refractivity contribution in [1.29, 1.82) is 0 Å². The van der Waals surface area contributed by atoms with Gasteiger partial charge in [0.1, 0.15) is 6.10 Å². The highest BCUT2D eigenvalue weighted by Crippen LogP contribution is 2.41. The molecule has 0 bridgehead atoms. The van der Waals surface area contributed by atoms with Crippen molar-refractivity contribution in [3.8, 4) is 0 Å². The van der Waals surface area contributed by atoms with E-state index >= 15 is 0 Å². The molecule has 3 heteroatoms. The largest absolute Gasteiger partial charge is 0.339 e. The molecule has 3 rings (SSSR count). The first-order valence-corrected chi connectivity index (χ1v) is 5.15. The first-order chi connectivity index (χ1) is 7.25. The average Bonchev–Trinajstić information content (AvgIpc) is 2.73. The molecule has 1 aromatic rings. The maximum absolute atomic E-state index is 11.1. The van der Waals surface area contributed by atoms with E-state index < -0.39 is 6.29 Å². The summed E-state index contributed by atoms with van der Waals surface area (Å²) in [6.07, 6.45) is 0.171. The van der Waals surface area contributed by atoms with E-state index in [1.165, 1.54) is 18.1 Å². The zero-order chi connectivity index (χ0) is 10.4. The fraction of sp³-hybridized carbons (Fsp3) is 0.417. The molecule has 0 N–H and O–H groups in total. The summed E-state index contributed by atoms with van der Waals surface area (Å²) in [5, 5.41) is 0. The summed E-state index contributed by atoms with van der Waals surface area (Å²) in [4.78, 5) is 11.1. The summed E-state index contributed by atoms with van der Waals surface area (Å²) >= 11 is 0. The number of fused-ring (bicyclic) bond motifs is 3. The van der Waals surface area contributed by atoms with Crippen LogP contribution in [0.2, 0.25) is 0 Å². The lowest BCUT2D eigenvalue weighted by Crippen LogP contribution is -2.20. The second-order valence-corrected chi connectivity index (χ2v) is 4.08. The lowest BCUT2D eigenvalue weighted by molar-refractivity contribution is -0.146. The molecule has 1 saturated heterocycles. The van der Waals surface area contributed by atoms with Gasteiger partial charge in [-0.25, -0.2) is 0 Å². The quantitative estimate of drug-likeness (QED) is 0.697. The Labute approximate surface area is 88.0 Å². The normalized spacial score (nSPS) is 32.5. The van der Waals surface area contributed by atoms with Crippen LogP contribution in [0.3, 0.4) is 0 Å². The van der Waals surface area contributed by atoms with Gasteiger partial charge in [-0.1, -0.05) is 24.3 Å². The van der Waals surface area contributed by atoms with E-state index in [9.17, 15) is 4.79 Å². The van der Waals surface area contributed by atoms with Crippen molar-refractivity contribution in [1.82, 2.24) is 0 Å². The highest BCUT2D eigenvalue weighted by atomic mass is 16.7. The van der Waals surface area contributed by atoms with Gasteiger partial charge in [-0.15, -0.1) is 0 Å². The number of hydrogen-bond donors (Lipinski definition) is 0. The number of hydrogen-bond acceptors (Lipinski definition) is 3. The molecular weight excluding hydrogens is 192 g/mol. The SMILES string of the molecule is CC(=O)C1OC2Cc3ccccc3C2O1. The molecule has 1 heterocycles. The predicted molar refractivity (Wildman–Crippen MR) is 53.3 cm³/mol. The van der Waals surface area contributed by atoms with Crippen molar-refractivity contribution < 1.29 is 14.3 Å². The van der Waals surface area contributed by atoms with E-state index in [4.69, 9.17) is 9.47 Å². The highest BCUT2D eigenvalue weighted by molar-refractivity contribution is 5.79.